The molecule has 0 saturated heterocycles. The molecule has 1 aromatic heterocycles. The van der Waals surface area contributed by atoms with E-state index in [2.05, 4.69) is 5.32 Å². The van der Waals surface area contributed by atoms with Crippen LogP contribution in [0.3, 0.4) is 0 Å². The Morgan fingerprint density at radius 2 is 1.95 bits per heavy atom. The van der Waals surface area contributed by atoms with Gasteiger partial charge in [-0.1, -0.05) is 18.5 Å². The lowest BCUT2D eigenvalue weighted by Gasteiger charge is -2.04. The summed E-state index contributed by atoms with van der Waals surface area (Å²) in [5, 5.41) is 2.86. The number of benzene rings is 1. The topological polar surface area (TPSA) is 59.3 Å². The van der Waals surface area contributed by atoms with Gasteiger partial charge in [-0.25, -0.2) is 12.8 Å². The SMILES string of the molecule is CCNCc1ccc(CS(=O)(=O)c2ccc(F)c(Cl)c2)o1. The normalized spacial score (nSPS) is 11.8. The fraction of sp³-hybridized carbons (Fsp3) is 0.286. The first-order valence-electron chi connectivity index (χ1n) is 6.38. The number of sulfone groups is 1. The zero-order valence-corrected chi connectivity index (χ0v) is 13.0. The first kappa shape index (κ1) is 16.0. The zero-order valence-electron chi connectivity index (χ0n) is 11.4. The molecule has 0 fully saturated rings. The number of hydrogen-bond acceptors (Lipinski definition) is 4. The van der Waals surface area contributed by atoms with E-state index in [1.54, 1.807) is 12.1 Å². The third-order valence-corrected chi connectivity index (χ3v) is 4.78. The third-order valence-electron chi connectivity index (χ3n) is 2.85. The Labute approximate surface area is 127 Å². The van der Waals surface area contributed by atoms with Gasteiger partial charge >= 0.3 is 0 Å². The quantitative estimate of drug-likeness (QED) is 0.826. The standard InChI is InChI=1S/C14H15ClFNO3S/c1-2-17-8-10-3-4-11(20-10)9-21(18,19)12-5-6-14(16)13(15)7-12/h3-7,17H,2,8-9H2,1H3. The van der Waals surface area contributed by atoms with Crippen LogP contribution in [0.4, 0.5) is 4.39 Å². The summed E-state index contributed by atoms with van der Waals surface area (Å²) < 4.78 is 43.0. The van der Waals surface area contributed by atoms with E-state index in [-0.39, 0.29) is 15.7 Å². The van der Waals surface area contributed by atoms with Crippen LogP contribution in [0.25, 0.3) is 0 Å². The van der Waals surface area contributed by atoms with Gasteiger partial charge < -0.3 is 9.73 Å². The minimum absolute atomic E-state index is 0.0291. The van der Waals surface area contributed by atoms with Crippen molar-refractivity contribution in [3.05, 3.63) is 52.7 Å². The molecular weight excluding hydrogens is 317 g/mol. The van der Waals surface area contributed by atoms with Crippen LogP contribution in [0.5, 0.6) is 0 Å². The molecule has 7 heteroatoms. The molecule has 0 amide bonds. The fourth-order valence-electron chi connectivity index (χ4n) is 1.78. The monoisotopic (exact) mass is 331 g/mol. The average Bonchev–Trinajstić information content (AvgIpc) is 2.86. The van der Waals surface area contributed by atoms with E-state index < -0.39 is 15.7 Å². The highest BCUT2D eigenvalue weighted by Gasteiger charge is 2.19. The van der Waals surface area contributed by atoms with Crippen molar-refractivity contribution >= 4 is 21.4 Å². The molecule has 0 aliphatic carbocycles. The van der Waals surface area contributed by atoms with Crippen molar-refractivity contribution in [3.63, 3.8) is 0 Å². The van der Waals surface area contributed by atoms with Gasteiger partial charge in [0.25, 0.3) is 0 Å². The van der Waals surface area contributed by atoms with Gasteiger partial charge in [-0.3, -0.25) is 0 Å². The minimum Gasteiger partial charge on any atom is -0.464 e. The maximum absolute atomic E-state index is 13.1. The van der Waals surface area contributed by atoms with Gasteiger partial charge in [0.1, 0.15) is 23.1 Å². The number of halogens is 2. The second-order valence-corrected chi connectivity index (χ2v) is 6.88. The summed E-state index contributed by atoms with van der Waals surface area (Å²) in [6.07, 6.45) is 0. The van der Waals surface area contributed by atoms with Crippen LogP contribution in [0.2, 0.25) is 5.02 Å². The molecule has 0 aliphatic rings. The Balaban J connectivity index is 2.16. The highest BCUT2D eigenvalue weighted by molar-refractivity contribution is 7.90. The van der Waals surface area contributed by atoms with Crippen molar-refractivity contribution in [2.75, 3.05) is 6.54 Å². The van der Waals surface area contributed by atoms with E-state index in [0.29, 0.717) is 18.1 Å². The molecule has 21 heavy (non-hydrogen) atoms. The van der Waals surface area contributed by atoms with Crippen LogP contribution in [0, 0.1) is 5.82 Å². The van der Waals surface area contributed by atoms with Crippen LogP contribution >= 0.6 is 11.6 Å². The molecule has 0 unspecified atom stereocenters. The minimum atomic E-state index is -3.63. The van der Waals surface area contributed by atoms with Gasteiger partial charge in [-0.05, 0) is 36.9 Å². The van der Waals surface area contributed by atoms with Crippen LogP contribution in [-0.2, 0) is 22.1 Å². The van der Waals surface area contributed by atoms with E-state index in [4.69, 9.17) is 16.0 Å². The molecule has 0 aliphatic heterocycles. The Kier molecular flexibility index (Phi) is 5.03. The zero-order chi connectivity index (χ0) is 15.5. The summed E-state index contributed by atoms with van der Waals surface area (Å²) in [5.41, 5.74) is 0. The molecule has 0 radical (unpaired) electrons. The number of furan rings is 1. The summed E-state index contributed by atoms with van der Waals surface area (Å²) in [7, 11) is -3.63. The second-order valence-electron chi connectivity index (χ2n) is 4.48. The predicted molar refractivity (Wildman–Crippen MR) is 78.4 cm³/mol. The fourth-order valence-corrected chi connectivity index (χ4v) is 3.30. The molecule has 4 nitrogen and oxygen atoms in total. The first-order chi connectivity index (χ1) is 9.92. The third kappa shape index (κ3) is 4.06. The molecule has 2 aromatic rings. The van der Waals surface area contributed by atoms with Gasteiger partial charge in [0.2, 0.25) is 0 Å². The summed E-state index contributed by atoms with van der Waals surface area (Å²) in [5.74, 6) is 0.0604. The highest BCUT2D eigenvalue weighted by Crippen LogP contribution is 2.23. The Morgan fingerprint density at radius 3 is 2.62 bits per heavy atom. The smallest absolute Gasteiger partial charge is 0.185 e. The largest absolute Gasteiger partial charge is 0.464 e. The van der Waals surface area contributed by atoms with E-state index in [1.165, 1.54) is 6.07 Å². The lowest BCUT2D eigenvalue weighted by molar-refractivity contribution is 0.459. The summed E-state index contributed by atoms with van der Waals surface area (Å²) >= 11 is 5.61. The number of hydrogen-bond donors (Lipinski definition) is 1. The van der Waals surface area contributed by atoms with Gasteiger partial charge in [0.15, 0.2) is 9.84 Å². The van der Waals surface area contributed by atoms with Gasteiger partial charge in [-0.15, -0.1) is 0 Å². The van der Waals surface area contributed by atoms with Gasteiger partial charge in [0, 0.05) is 0 Å². The van der Waals surface area contributed by atoms with Crippen LogP contribution in [0.15, 0.2) is 39.6 Å². The molecule has 1 aromatic carbocycles. The lowest BCUT2D eigenvalue weighted by atomic mass is 10.3. The molecule has 0 saturated carbocycles. The van der Waals surface area contributed by atoms with Crippen molar-refractivity contribution in [1.29, 1.82) is 0 Å². The molecule has 1 heterocycles. The molecule has 1 N–H and O–H groups in total. The van der Waals surface area contributed by atoms with E-state index >= 15 is 0 Å². The van der Waals surface area contributed by atoms with Crippen molar-refractivity contribution in [2.45, 2.75) is 24.1 Å². The predicted octanol–water partition coefficient (Wildman–Crippen LogP) is 3.16. The van der Waals surface area contributed by atoms with Crippen molar-refractivity contribution in [1.82, 2.24) is 5.32 Å². The molecule has 0 atom stereocenters. The van der Waals surface area contributed by atoms with E-state index in [0.717, 1.165) is 18.7 Å². The van der Waals surface area contributed by atoms with Crippen LogP contribution < -0.4 is 5.32 Å². The maximum atomic E-state index is 13.1. The summed E-state index contributed by atoms with van der Waals surface area (Å²) in [4.78, 5) is -0.0291. The number of rotatable bonds is 6. The van der Waals surface area contributed by atoms with E-state index in [9.17, 15) is 12.8 Å². The molecule has 0 spiro atoms. The maximum Gasteiger partial charge on any atom is 0.185 e. The molecule has 2 rings (SSSR count). The molecular formula is C14H15ClFNO3S. The van der Waals surface area contributed by atoms with Crippen LogP contribution in [-0.4, -0.2) is 15.0 Å². The molecule has 114 valence electrons. The average molecular weight is 332 g/mol. The van der Waals surface area contributed by atoms with Gasteiger partial charge in [-0.2, -0.15) is 0 Å². The summed E-state index contributed by atoms with van der Waals surface area (Å²) in [6, 6.07) is 6.68. The first-order valence-corrected chi connectivity index (χ1v) is 8.41. The van der Waals surface area contributed by atoms with E-state index in [1.807, 2.05) is 6.92 Å². The Bertz CT molecular complexity index is 728. The second kappa shape index (κ2) is 6.60. The lowest BCUT2D eigenvalue weighted by Crippen LogP contribution is -2.10. The Hall–Kier alpha value is -1.37. The Morgan fingerprint density at radius 1 is 1.24 bits per heavy atom. The summed E-state index contributed by atoms with van der Waals surface area (Å²) in [6.45, 7) is 3.30. The van der Waals surface area contributed by atoms with Crippen molar-refractivity contribution in [2.24, 2.45) is 0 Å². The van der Waals surface area contributed by atoms with Crippen molar-refractivity contribution < 1.29 is 17.2 Å². The molecule has 0 bridgehead atoms. The van der Waals surface area contributed by atoms with Crippen LogP contribution in [0.1, 0.15) is 18.4 Å². The van der Waals surface area contributed by atoms with Crippen molar-refractivity contribution in [3.8, 4) is 0 Å². The highest BCUT2D eigenvalue weighted by atomic mass is 35.5. The van der Waals surface area contributed by atoms with Gasteiger partial charge in [0.05, 0.1) is 16.5 Å². The number of nitrogens with one attached hydrogen (secondary N) is 1.